The monoisotopic (exact) mass is 538 g/mol. The molecule has 5 rings (SSSR count). The summed E-state index contributed by atoms with van der Waals surface area (Å²) in [7, 11) is 2.06. The van der Waals surface area contributed by atoms with Crippen LogP contribution in [0.1, 0.15) is 21.5 Å². The maximum absolute atomic E-state index is 13.1. The Morgan fingerprint density at radius 3 is 2.62 bits per heavy atom. The molecule has 1 saturated heterocycles. The van der Waals surface area contributed by atoms with Crippen molar-refractivity contribution in [2.24, 2.45) is 0 Å². The smallest absolute Gasteiger partial charge is 0.274 e. The number of pyridine rings is 1. The summed E-state index contributed by atoms with van der Waals surface area (Å²) in [4.78, 5) is 42.0. The molecule has 3 heterocycles. The predicted octanol–water partition coefficient (Wildman–Crippen LogP) is 4.50. The van der Waals surface area contributed by atoms with E-state index in [1.165, 1.54) is 6.07 Å². The average Bonchev–Trinajstić information content (AvgIpc) is 2.96. The number of piperazine rings is 1. The van der Waals surface area contributed by atoms with Crippen LogP contribution in [0.4, 0.5) is 23.0 Å². The molecule has 0 radical (unpaired) electrons. The standard InChI is InChI=1S/C29H30N8O3/c1-20-5-8-24(17-26(20)34-29-31-11-9-25(33-29)22-4-3-10-30-18-22)32-28(38)21-6-7-23(27(16-21)37(39)40)19-36-14-12-35(2)13-15-36/h3-11,16-18H,12-15,19H2,1-2H3,(H,32,38)(H,31,33,34). The second-order valence-electron chi connectivity index (χ2n) is 9.80. The highest BCUT2D eigenvalue weighted by molar-refractivity contribution is 6.05. The third kappa shape index (κ3) is 6.45. The number of nitro benzene ring substituents is 1. The molecule has 1 aliphatic heterocycles. The van der Waals surface area contributed by atoms with Gasteiger partial charge in [0, 0.05) is 85.4 Å². The molecule has 204 valence electrons. The number of aromatic nitrogens is 3. The topological polar surface area (TPSA) is 129 Å². The highest BCUT2D eigenvalue weighted by atomic mass is 16.6. The molecule has 4 aromatic rings. The number of nitro groups is 1. The molecule has 2 aromatic carbocycles. The molecule has 0 unspecified atom stereocenters. The molecule has 2 N–H and O–H groups in total. The Morgan fingerprint density at radius 2 is 1.88 bits per heavy atom. The SMILES string of the molecule is Cc1ccc(NC(=O)c2ccc(CN3CCN(C)CC3)c([N+](=O)[O-])c2)cc1Nc1nccc(-c2cccnc2)n1. The highest BCUT2D eigenvalue weighted by Gasteiger charge is 2.22. The van der Waals surface area contributed by atoms with E-state index >= 15 is 0 Å². The molecule has 1 aliphatic rings. The lowest BCUT2D eigenvalue weighted by molar-refractivity contribution is -0.385. The number of aryl methyl sites for hydroxylation is 1. The number of anilines is 3. The van der Waals surface area contributed by atoms with Crippen molar-refractivity contribution in [3.8, 4) is 11.3 Å². The van der Waals surface area contributed by atoms with Gasteiger partial charge >= 0.3 is 0 Å². The number of carbonyl (C=O) groups is 1. The normalized spacial score (nSPS) is 14.1. The molecular formula is C29H30N8O3. The van der Waals surface area contributed by atoms with Gasteiger partial charge in [0.25, 0.3) is 11.6 Å². The quantitative estimate of drug-likeness (QED) is 0.246. The fourth-order valence-corrected chi connectivity index (χ4v) is 4.51. The summed E-state index contributed by atoms with van der Waals surface area (Å²) in [6, 6.07) is 15.7. The van der Waals surface area contributed by atoms with Gasteiger partial charge in [-0.15, -0.1) is 0 Å². The van der Waals surface area contributed by atoms with Gasteiger partial charge in [-0.3, -0.25) is 24.8 Å². The van der Waals surface area contributed by atoms with Gasteiger partial charge in [0.2, 0.25) is 5.95 Å². The van der Waals surface area contributed by atoms with Crippen LogP contribution in [0.3, 0.4) is 0 Å². The van der Waals surface area contributed by atoms with E-state index in [0.29, 0.717) is 23.7 Å². The average molecular weight is 539 g/mol. The van der Waals surface area contributed by atoms with Crippen molar-refractivity contribution >= 4 is 28.9 Å². The zero-order valence-electron chi connectivity index (χ0n) is 22.4. The second-order valence-corrected chi connectivity index (χ2v) is 9.80. The van der Waals surface area contributed by atoms with Crippen molar-refractivity contribution in [3.63, 3.8) is 0 Å². The van der Waals surface area contributed by atoms with Crippen molar-refractivity contribution in [2.45, 2.75) is 13.5 Å². The molecular weight excluding hydrogens is 508 g/mol. The first-order chi connectivity index (χ1) is 19.4. The van der Waals surface area contributed by atoms with E-state index in [4.69, 9.17) is 0 Å². The molecule has 40 heavy (non-hydrogen) atoms. The Labute approximate surface area is 232 Å². The van der Waals surface area contributed by atoms with Crippen LogP contribution in [0, 0.1) is 17.0 Å². The summed E-state index contributed by atoms with van der Waals surface area (Å²) >= 11 is 0. The molecule has 0 saturated carbocycles. The number of amides is 1. The zero-order chi connectivity index (χ0) is 28.1. The molecule has 0 aliphatic carbocycles. The van der Waals surface area contributed by atoms with Gasteiger partial charge in [0.05, 0.1) is 10.6 Å². The molecule has 1 amide bonds. The van der Waals surface area contributed by atoms with Gasteiger partial charge in [0.1, 0.15) is 0 Å². The van der Waals surface area contributed by atoms with Gasteiger partial charge in [-0.1, -0.05) is 12.1 Å². The Hall–Kier alpha value is -4.74. The Kier molecular flexibility index (Phi) is 8.04. The summed E-state index contributed by atoms with van der Waals surface area (Å²) < 4.78 is 0. The van der Waals surface area contributed by atoms with Crippen LogP contribution in [-0.2, 0) is 6.54 Å². The minimum atomic E-state index is -0.432. The lowest BCUT2D eigenvalue weighted by Gasteiger charge is -2.32. The van der Waals surface area contributed by atoms with Gasteiger partial charge in [0.15, 0.2) is 0 Å². The third-order valence-electron chi connectivity index (χ3n) is 6.89. The van der Waals surface area contributed by atoms with Crippen LogP contribution in [0.5, 0.6) is 0 Å². The molecule has 11 nitrogen and oxygen atoms in total. The molecule has 0 atom stereocenters. The van der Waals surface area contributed by atoms with Gasteiger partial charge in [-0.2, -0.15) is 0 Å². The summed E-state index contributed by atoms with van der Waals surface area (Å²) in [5.41, 5.74) is 4.54. The van der Waals surface area contributed by atoms with Crippen molar-refractivity contribution in [3.05, 3.63) is 100.0 Å². The molecule has 2 aromatic heterocycles. The Morgan fingerprint density at radius 1 is 1.05 bits per heavy atom. The number of hydrogen-bond donors (Lipinski definition) is 2. The first kappa shape index (κ1) is 26.9. The van der Waals surface area contributed by atoms with Crippen LogP contribution in [0.15, 0.2) is 73.2 Å². The fourth-order valence-electron chi connectivity index (χ4n) is 4.51. The van der Waals surface area contributed by atoms with Crippen LogP contribution in [-0.4, -0.2) is 68.8 Å². The first-order valence-electron chi connectivity index (χ1n) is 13.0. The van der Waals surface area contributed by atoms with E-state index in [0.717, 1.165) is 48.7 Å². The highest BCUT2D eigenvalue weighted by Crippen LogP contribution is 2.26. The lowest BCUT2D eigenvalue weighted by atomic mass is 10.1. The third-order valence-corrected chi connectivity index (χ3v) is 6.89. The van der Waals surface area contributed by atoms with Gasteiger partial charge < -0.3 is 15.5 Å². The van der Waals surface area contributed by atoms with E-state index in [1.807, 2.05) is 25.1 Å². The summed E-state index contributed by atoms with van der Waals surface area (Å²) in [5.74, 6) is -0.0293. The minimum Gasteiger partial charge on any atom is -0.324 e. The van der Waals surface area contributed by atoms with Gasteiger partial charge in [-0.25, -0.2) is 9.97 Å². The Bertz CT molecular complexity index is 1520. The van der Waals surface area contributed by atoms with Crippen molar-refractivity contribution in [1.82, 2.24) is 24.8 Å². The maximum Gasteiger partial charge on any atom is 0.274 e. The van der Waals surface area contributed by atoms with E-state index in [1.54, 1.807) is 48.9 Å². The van der Waals surface area contributed by atoms with E-state index in [2.05, 4.69) is 42.4 Å². The molecule has 0 bridgehead atoms. The largest absolute Gasteiger partial charge is 0.324 e. The van der Waals surface area contributed by atoms with Crippen LogP contribution >= 0.6 is 0 Å². The number of benzene rings is 2. The zero-order valence-corrected chi connectivity index (χ0v) is 22.4. The number of nitrogens with zero attached hydrogens (tertiary/aromatic N) is 6. The lowest BCUT2D eigenvalue weighted by Crippen LogP contribution is -2.43. The predicted molar refractivity (Wildman–Crippen MR) is 154 cm³/mol. The number of nitrogens with one attached hydrogen (secondary N) is 2. The van der Waals surface area contributed by atoms with Crippen molar-refractivity contribution in [1.29, 1.82) is 0 Å². The van der Waals surface area contributed by atoms with Crippen LogP contribution in [0.2, 0.25) is 0 Å². The number of likely N-dealkylation sites (N-methyl/N-ethyl adjacent to an activating group) is 1. The minimum absolute atomic E-state index is 0.0523. The van der Waals surface area contributed by atoms with Crippen molar-refractivity contribution < 1.29 is 9.72 Å². The second kappa shape index (κ2) is 12.0. The van der Waals surface area contributed by atoms with Gasteiger partial charge in [-0.05, 0) is 55.9 Å². The fraction of sp³-hybridized carbons (Fsp3) is 0.241. The summed E-state index contributed by atoms with van der Waals surface area (Å²) in [6.45, 7) is 5.94. The number of hydrogen-bond acceptors (Lipinski definition) is 9. The first-order valence-corrected chi connectivity index (χ1v) is 13.0. The van der Waals surface area contributed by atoms with E-state index in [9.17, 15) is 14.9 Å². The summed E-state index contributed by atoms with van der Waals surface area (Å²) in [5, 5.41) is 17.9. The molecule has 1 fully saturated rings. The molecule has 0 spiro atoms. The summed E-state index contributed by atoms with van der Waals surface area (Å²) in [6.07, 6.45) is 5.10. The Balaban J connectivity index is 1.30. The van der Waals surface area contributed by atoms with E-state index in [-0.39, 0.29) is 11.3 Å². The maximum atomic E-state index is 13.1. The number of carbonyl (C=O) groups excluding carboxylic acids is 1. The number of rotatable bonds is 8. The van der Waals surface area contributed by atoms with E-state index < -0.39 is 10.8 Å². The van der Waals surface area contributed by atoms with Crippen LogP contribution in [0.25, 0.3) is 11.3 Å². The van der Waals surface area contributed by atoms with Crippen LogP contribution < -0.4 is 10.6 Å². The van der Waals surface area contributed by atoms with Crippen molar-refractivity contribution in [2.75, 3.05) is 43.9 Å². The molecule has 11 heteroatoms.